The van der Waals surface area contributed by atoms with Gasteiger partial charge < -0.3 is 4.79 Å². The van der Waals surface area contributed by atoms with Crippen LogP contribution in [-0.2, 0) is 4.79 Å². The molecule has 0 saturated heterocycles. The van der Waals surface area contributed by atoms with Gasteiger partial charge in [-0.1, -0.05) is 0 Å². The van der Waals surface area contributed by atoms with Gasteiger partial charge in [0.2, 0.25) is 0 Å². The predicted molar refractivity (Wildman–Crippen MR) is 49.1 cm³/mol. The molecule has 0 heterocycles. The number of hydrogen-bond donors (Lipinski definition) is 0. The molecule has 0 aliphatic heterocycles. The summed E-state index contributed by atoms with van der Waals surface area (Å²) in [6.45, 7) is 0. The van der Waals surface area contributed by atoms with E-state index in [9.17, 15) is 4.79 Å². The Kier molecular flexibility index (Phi) is 0.938. The maximum Gasteiger partial charge on any atom is 0.126 e. The molecule has 1 spiro atoms. The second-order valence-corrected chi connectivity index (χ2v) is 6.23. The van der Waals surface area contributed by atoms with Crippen LogP contribution in [0.3, 0.4) is 0 Å². The van der Waals surface area contributed by atoms with Gasteiger partial charge in [-0.05, 0) is 61.7 Å². The second-order valence-electron chi connectivity index (χ2n) is 6.23. The number of rotatable bonds is 1. The molecule has 4 saturated carbocycles. The average molecular weight is 176 g/mol. The van der Waals surface area contributed by atoms with Crippen molar-refractivity contribution in [3.8, 4) is 0 Å². The minimum atomic E-state index is 0.166. The molecule has 0 amide bonds. The van der Waals surface area contributed by atoms with E-state index in [-0.39, 0.29) is 5.41 Å². The molecule has 0 N–H and O–H groups in total. The molecular weight excluding hydrogens is 160 g/mol. The Hall–Kier alpha value is -0.330. The first-order chi connectivity index (χ1) is 6.26. The summed E-state index contributed by atoms with van der Waals surface area (Å²) in [5, 5.41) is 0. The third kappa shape index (κ3) is 0.572. The lowest BCUT2D eigenvalue weighted by molar-refractivity contribution is -0.118. The van der Waals surface area contributed by atoms with Gasteiger partial charge in [-0.2, -0.15) is 0 Å². The van der Waals surface area contributed by atoms with E-state index in [4.69, 9.17) is 0 Å². The van der Waals surface area contributed by atoms with Crippen LogP contribution in [0.1, 0.15) is 38.5 Å². The molecule has 13 heavy (non-hydrogen) atoms. The van der Waals surface area contributed by atoms with Gasteiger partial charge in [-0.3, -0.25) is 0 Å². The van der Waals surface area contributed by atoms with Gasteiger partial charge in [-0.15, -0.1) is 0 Å². The first-order valence-corrected chi connectivity index (χ1v) is 5.73. The lowest BCUT2D eigenvalue weighted by Crippen LogP contribution is -2.41. The minimum absolute atomic E-state index is 0.166. The number of fused-ring (bicyclic) bond motifs is 2. The largest absolute Gasteiger partial charge is 0.303 e. The quantitative estimate of drug-likeness (QED) is 0.561. The van der Waals surface area contributed by atoms with Gasteiger partial charge in [0.1, 0.15) is 6.29 Å². The average Bonchev–Trinajstić information content (AvgIpc) is 2.43. The zero-order valence-corrected chi connectivity index (χ0v) is 7.96. The highest BCUT2D eigenvalue weighted by Crippen LogP contribution is 2.78. The van der Waals surface area contributed by atoms with Crippen molar-refractivity contribution in [3.63, 3.8) is 0 Å². The van der Waals surface area contributed by atoms with Gasteiger partial charge in [0.05, 0.1) is 0 Å². The maximum atomic E-state index is 11.2. The van der Waals surface area contributed by atoms with Crippen molar-refractivity contribution in [2.45, 2.75) is 38.5 Å². The second kappa shape index (κ2) is 1.74. The molecule has 0 aromatic heterocycles. The highest BCUT2D eigenvalue weighted by atomic mass is 16.1. The fourth-order valence-corrected chi connectivity index (χ4v) is 5.56. The molecule has 1 heteroatoms. The van der Waals surface area contributed by atoms with Crippen molar-refractivity contribution in [1.29, 1.82) is 0 Å². The smallest absolute Gasteiger partial charge is 0.126 e. The van der Waals surface area contributed by atoms with Gasteiger partial charge in [-0.25, -0.2) is 0 Å². The van der Waals surface area contributed by atoms with E-state index >= 15 is 0 Å². The summed E-state index contributed by atoms with van der Waals surface area (Å²) in [6, 6.07) is 0. The monoisotopic (exact) mass is 176 g/mol. The van der Waals surface area contributed by atoms with E-state index in [0.717, 1.165) is 17.8 Å². The van der Waals surface area contributed by atoms with Gasteiger partial charge in [0, 0.05) is 5.41 Å². The van der Waals surface area contributed by atoms with Crippen LogP contribution in [0.25, 0.3) is 0 Å². The lowest BCUT2D eigenvalue weighted by Gasteiger charge is -2.49. The molecule has 4 aliphatic rings. The summed E-state index contributed by atoms with van der Waals surface area (Å²) in [7, 11) is 0. The number of carbonyl (C=O) groups excluding carboxylic acids is 1. The molecule has 1 nitrogen and oxygen atoms in total. The first kappa shape index (κ1) is 7.03. The molecule has 70 valence electrons. The standard InChI is InChI=1S/C12H16O/c13-7-11-3-8-1-9-2-10(5-11)12(9,4-8)6-11/h7-10H,1-6H2. The normalized spacial score (nSPS) is 66.3. The van der Waals surface area contributed by atoms with Crippen molar-refractivity contribution in [1.82, 2.24) is 0 Å². The van der Waals surface area contributed by atoms with Gasteiger partial charge in [0.15, 0.2) is 0 Å². The van der Waals surface area contributed by atoms with Gasteiger partial charge >= 0.3 is 0 Å². The maximum absolute atomic E-state index is 11.2. The number of carbonyl (C=O) groups is 1. The molecular formula is C12H16O. The highest BCUT2D eigenvalue weighted by Gasteiger charge is 2.70. The third-order valence-corrected chi connectivity index (χ3v) is 5.76. The Bertz CT molecular complexity index is 293. The van der Waals surface area contributed by atoms with Crippen molar-refractivity contribution < 1.29 is 4.79 Å². The van der Waals surface area contributed by atoms with Crippen LogP contribution >= 0.6 is 0 Å². The molecule has 4 rings (SSSR count). The number of hydrogen-bond acceptors (Lipinski definition) is 1. The summed E-state index contributed by atoms with van der Waals surface area (Å²) >= 11 is 0. The van der Waals surface area contributed by atoms with Crippen LogP contribution in [0.2, 0.25) is 0 Å². The predicted octanol–water partition coefficient (Wildman–Crippen LogP) is 2.40. The van der Waals surface area contributed by atoms with Crippen LogP contribution in [0.15, 0.2) is 0 Å². The van der Waals surface area contributed by atoms with Crippen LogP contribution < -0.4 is 0 Å². The molecule has 5 atom stereocenters. The van der Waals surface area contributed by atoms with Crippen molar-refractivity contribution in [3.05, 3.63) is 0 Å². The summed E-state index contributed by atoms with van der Waals surface area (Å²) < 4.78 is 0. The fourth-order valence-electron chi connectivity index (χ4n) is 5.56. The molecule has 4 fully saturated rings. The van der Waals surface area contributed by atoms with E-state index in [0.29, 0.717) is 5.41 Å². The summed E-state index contributed by atoms with van der Waals surface area (Å²) in [5.74, 6) is 2.92. The molecule has 3 bridgehead atoms. The van der Waals surface area contributed by atoms with E-state index in [1.54, 1.807) is 0 Å². The molecule has 0 aromatic rings. The molecule has 4 aliphatic carbocycles. The zero-order valence-electron chi connectivity index (χ0n) is 7.96. The van der Waals surface area contributed by atoms with E-state index in [1.165, 1.54) is 44.8 Å². The number of aldehydes is 1. The topological polar surface area (TPSA) is 17.1 Å². The Morgan fingerprint density at radius 1 is 1.08 bits per heavy atom. The Balaban J connectivity index is 1.87. The lowest BCUT2D eigenvalue weighted by atomic mass is 9.55. The zero-order chi connectivity index (χ0) is 8.68. The van der Waals surface area contributed by atoms with Crippen LogP contribution in [-0.4, -0.2) is 6.29 Å². The molecule has 0 radical (unpaired) electrons. The van der Waals surface area contributed by atoms with E-state index in [1.807, 2.05) is 0 Å². The Morgan fingerprint density at radius 3 is 2.85 bits per heavy atom. The minimum Gasteiger partial charge on any atom is -0.303 e. The molecule has 5 unspecified atom stereocenters. The fraction of sp³-hybridized carbons (Fsp3) is 0.917. The summed E-state index contributed by atoms with van der Waals surface area (Å²) in [5.41, 5.74) is 0.864. The van der Waals surface area contributed by atoms with E-state index in [2.05, 4.69) is 0 Å². The highest BCUT2D eigenvalue weighted by molar-refractivity contribution is 5.62. The third-order valence-electron chi connectivity index (χ3n) is 5.76. The Labute approximate surface area is 78.9 Å². The van der Waals surface area contributed by atoms with Gasteiger partial charge in [0.25, 0.3) is 0 Å². The van der Waals surface area contributed by atoms with Crippen LogP contribution in [0.4, 0.5) is 0 Å². The Morgan fingerprint density at radius 2 is 2.00 bits per heavy atom. The van der Waals surface area contributed by atoms with Crippen LogP contribution in [0.5, 0.6) is 0 Å². The van der Waals surface area contributed by atoms with Crippen molar-refractivity contribution in [2.24, 2.45) is 28.6 Å². The SMILES string of the molecule is O=CC12CC3CC4CC(C1)C4(C3)C2. The van der Waals surface area contributed by atoms with E-state index < -0.39 is 0 Å². The summed E-state index contributed by atoms with van der Waals surface area (Å²) in [6.07, 6.45) is 9.50. The van der Waals surface area contributed by atoms with Crippen molar-refractivity contribution >= 4 is 6.29 Å². The molecule has 0 aromatic carbocycles. The van der Waals surface area contributed by atoms with Crippen LogP contribution in [0, 0.1) is 28.6 Å². The van der Waals surface area contributed by atoms with Crippen molar-refractivity contribution in [2.75, 3.05) is 0 Å². The summed E-state index contributed by atoms with van der Waals surface area (Å²) in [4.78, 5) is 11.2. The first-order valence-electron chi connectivity index (χ1n) is 5.73.